The van der Waals surface area contributed by atoms with Gasteiger partial charge < -0.3 is 9.88 Å². The largest absolute Gasteiger partial charge is 0.340 e. The molecular formula is C17H25N3. The Morgan fingerprint density at radius 3 is 2.45 bits per heavy atom. The zero-order valence-electron chi connectivity index (χ0n) is 13.0. The molecule has 0 aliphatic rings. The van der Waals surface area contributed by atoms with Crippen LogP contribution in [0.25, 0.3) is 0 Å². The Kier molecular flexibility index (Phi) is 4.96. The summed E-state index contributed by atoms with van der Waals surface area (Å²) in [5, 5.41) is 3.61. The SMILES string of the molecule is CCCNC(Cc1cc(C)cc(C)c1)c1cn(C)cn1. The second kappa shape index (κ2) is 6.71. The predicted molar refractivity (Wildman–Crippen MR) is 83.9 cm³/mol. The molecule has 1 unspecified atom stereocenters. The molecule has 3 heteroatoms. The number of aromatic nitrogens is 2. The summed E-state index contributed by atoms with van der Waals surface area (Å²) in [6.07, 6.45) is 6.10. The van der Waals surface area contributed by atoms with E-state index in [1.165, 1.54) is 16.7 Å². The quantitative estimate of drug-likeness (QED) is 0.873. The van der Waals surface area contributed by atoms with Gasteiger partial charge in [-0.15, -0.1) is 0 Å². The Hall–Kier alpha value is -1.61. The Morgan fingerprint density at radius 1 is 1.20 bits per heavy atom. The molecule has 1 aromatic carbocycles. The molecule has 0 radical (unpaired) electrons. The van der Waals surface area contributed by atoms with Gasteiger partial charge in [-0.3, -0.25) is 0 Å². The molecule has 20 heavy (non-hydrogen) atoms. The second-order valence-corrected chi connectivity index (χ2v) is 5.67. The first kappa shape index (κ1) is 14.8. The molecule has 0 bridgehead atoms. The first-order chi connectivity index (χ1) is 9.58. The van der Waals surface area contributed by atoms with Gasteiger partial charge >= 0.3 is 0 Å². The topological polar surface area (TPSA) is 29.9 Å². The summed E-state index contributed by atoms with van der Waals surface area (Å²) < 4.78 is 2.01. The van der Waals surface area contributed by atoms with E-state index < -0.39 is 0 Å². The van der Waals surface area contributed by atoms with Crippen molar-refractivity contribution in [1.82, 2.24) is 14.9 Å². The van der Waals surface area contributed by atoms with Crippen molar-refractivity contribution in [3.63, 3.8) is 0 Å². The molecular weight excluding hydrogens is 246 g/mol. The van der Waals surface area contributed by atoms with Gasteiger partial charge in [0.1, 0.15) is 0 Å². The average molecular weight is 271 g/mol. The normalized spacial score (nSPS) is 12.6. The summed E-state index contributed by atoms with van der Waals surface area (Å²) >= 11 is 0. The Bertz CT molecular complexity index is 537. The highest BCUT2D eigenvalue weighted by Gasteiger charge is 2.14. The molecule has 2 rings (SSSR count). The zero-order valence-corrected chi connectivity index (χ0v) is 13.0. The summed E-state index contributed by atoms with van der Waals surface area (Å²) in [4.78, 5) is 4.51. The van der Waals surface area contributed by atoms with E-state index in [-0.39, 0.29) is 6.04 Å². The predicted octanol–water partition coefficient (Wildman–Crippen LogP) is 3.32. The van der Waals surface area contributed by atoms with Gasteiger partial charge in [0.2, 0.25) is 0 Å². The molecule has 0 amide bonds. The first-order valence-electron chi connectivity index (χ1n) is 7.37. The van der Waals surface area contributed by atoms with Crippen molar-refractivity contribution in [2.75, 3.05) is 6.54 Å². The zero-order chi connectivity index (χ0) is 14.5. The Balaban J connectivity index is 2.18. The van der Waals surface area contributed by atoms with Gasteiger partial charge in [0.15, 0.2) is 0 Å². The number of hydrogen-bond donors (Lipinski definition) is 1. The van der Waals surface area contributed by atoms with Gasteiger partial charge in [0.05, 0.1) is 18.1 Å². The lowest BCUT2D eigenvalue weighted by Crippen LogP contribution is -2.24. The lowest BCUT2D eigenvalue weighted by Gasteiger charge is -2.17. The van der Waals surface area contributed by atoms with Crippen LogP contribution in [0.4, 0.5) is 0 Å². The number of rotatable bonds is 6. The van der Waals surface area contributed by atoms with E-state index in [0.29, 0.717) is 0 Å². The standard InChI is InChI=1S/C17H25N3/c1-5-6-18-16(17-11-20(4)12-19-17)10-15-8-13(2)7-14(3)9-15/h7-9,11-12,16,18H,5-6,10H2,1-4H3. The van der Waals surface area contributed by atoms with Crippen molar-refractivity contribution in [3.8, 4) is 0 Å². The highest BCUT2D eigenvalue weighted by Crippen LogP contribution is 2.19. The first-order valence-corrected chi connectivity index (χ1v) is 7.37. The van der Waals surface area contributed by atoms with Crippen LogP contribution >= 0.6 is 0 Å². The molecule has 0 saturated heterocycles. The fourth-order valence-corrected chi connectivity index (χ4v) is 2.64. The number of hydrogen-bond acceptors (Lipinski definition) is 2. The van der Waals surface area contributed by atoms with Crippen molar-refractivity contribution < 1.29 is 0 Å². The summed E-state index contributed by atoms with van der Waals surface area (Å²) in [6, 6.07) is 7.06. The molecule has 0 fully saturated rings. The van der Waals surface area contributed by atoms with E-state index >= 15 is 0 Å². The summed E-state index contributed by atoms with van der Waals surface area (Å²) in [5.74, 6) is 0. The second-order valence-electron chi connectivity index (χ2n) is 5.67. The van der Waals surface area contributed by atoms with E-state index in [1.54, 1.807) is 0 Å². The van der Waals surface area contributed by atoms with Crippen LogP contribution in [0.15, 0.2) is 30.7 Å². The molecule has 3 nitrogen and oxygen atoms in total. The molecule has 0 aliphatic heterocycles. The van der Waals surface area contributed by atoms with Crippen molar-refractivity contribution in [1.29, 1.82) is 0 Å². The molecule has 1 N–H and O–H groups in total. The summed E-state index contributed by atoms with van der Waals surface area (Å²) in [7, 11) is 2.02. The number of imidazole rings is 1. The molecule has 108 valence electrons. The van der Waals surface area contributed by atoms with Gasteiger partial charge in [-0.25, -0.2) is 4.98 Å². The van der Waals surface area contributed by atoms with Gasteiger partial charge in [0.25, 0.3) is 0 Å². The van der Waals surface area contributed by atoms with E-state index in [1.807, 2.05) is 17.9 Å². The molecule has 1 atom stereocenters. The third-order valence-corrected chi connectivity index (χ3v) is 3.44. The molecule has 2 aromatic rings. The Labute approximate surface area is 122 Å². The molecule has 0 aliphatic carbocycles. The van der Waals surface area contributed by atoms with E-state index in [2.05, 4.69) is 55.5 Å². The monoisotopic (exact) mass is 271 g/mol. The Morgan fingerprint density at radius 2 is 1.90 bits per heavy atom. The molecule has 1 heterocycles. The van der Waals surface area contributed by atoms with Crippen molar-refractivity contribution in [2.45, 2.75) is 39.7 Å². The van der Waals surface area contributed by atoms with Gasteiger partial charge in [-0.1, -0.05) is 36.2 Å². The number of benzene rings is 1. The minimum Gasteiger partial charge on any atom is -0.340 e. The van der Waals surface area contributed by atoms with E-state index in [0.717, 1.165) is 25.1 Å². The minimum atomic E-state index is 0.289. The van der Waals surface area contributed by atoms with Crippen LogP contribution in [-0.4, -0.2) is 16.1 Å². The maximum atomic E-state index is 4.51. The maximum absolute atomic E-state index is 4.51. The van der Waals surface area contributed by atoms with Gasteiger partial charge in [-0.05, 0) is 38.8 Å². The average Bonchev–Trinajstić information content (AvgIpc) is 2.80. The highest BCUT2D eigenvalue weighted by atomic mass is 15.0. The van der Waals surface area contributed by atoms with E-state index in [9.17, 15) is 0 Å². The van der Waals surface area contributed by atoms with Crippen molar-refractivity contribution >= 4 is 0 Å². The fraction of sp³-hybridized carbons (Fsp3) is 0.471. The van der Waals surface area contributed by atoms with Gasteiger partial charge in [0, 0.05) is 13.2 Å². The highest BCUT2D eigenvalue weighted by molar-refractivity contribution is 5.29. The third-order valence-electron chi connectivity index (χ3n) is 3.44. The van der Waals surface area contributed by atoms with Crippen LogP contribution in [0.2, 0.25) is 0 Å². The lowest BCUT2D eigenvalue weighted by molar-refractivity contribution is 0.519. The van der Waals surface area contributed by atoms with Gasteiger partial charge in [-0.2, -0.15) is 0 Å². The molecule has 0 spiro atoms. The van der Waals surface area contributed by atoms with Crippen LogP contribution < -0.4 is 5.32 Å². The molecule has 0 saturated carbocycles. The number of aryl methyl sites for hydroxylation is 3. The van der Waals surface area contributed by atoms with Crippen LogP contribution in [-0.2, 0) is 13.5 Å². The number of nitrogens with one attached hydrogen (secondary N) is 1. The van der Waals surface area contributed by atoms with Crippen LogP contribution in [0.1, 0.15) is 41.8 Å². The molecule has 1 aromatic heterocycles. The van der Waals surface area contributed by atoms with Crippen molar-refractivity contribution in [2.24, 2.45) is 7.05 Å². The number of nitrogens with zero attached hydrogens (tertiary/aromatic N) is 2. The van der Waals surface area contributed by atoms with Crippen LogP contribution in [0, 0.1) is 13.8 Å². The summed E-state index contributed by atoms with van der Waals surface area (Å²) in [5.41, 5.74) is 5.16. The minimum absolute atomic E-state index is 0.289. The van der Waals surface area contributed by atoms with Crippen LogP contribution in [0.3, 0.4) is 0 Å². The fourth-order valence-electron chi connectivity index (χ4n) is 2.64. The summed E-state index contributed by atoms with van der Waals surface area (Å²) in [6.45, 7) is 7.53. The van der Waals surface area contributed by atoms with Crippen LogP contribution in [0.5, 0.6) is 0 Å². The third kappa shape index (κ3) is 3.94. The maximum Gasteiger partial charge on any atom is 0.0947 e. The van der Waals surface area contributed by atoms with E-state index in [4.69, 9.17) is 0 Å². The lowest BCUT2D eigenvalue weighted by atomic mass is 9.99. The smallest absolute Gasteiger partial charge is 0.0947 e. The van der Waals surface area contributed by atoms with Crippen molar-refractivity contribution in [3.05, 3.63) is 53.1 Å².